The summed E-state index contributed by atoms with van der Waals surface area (Å²) in [6.07, 6.45) is 7.87. The van der Waals surface area contributed by atoms with Gasteiger partial charge >= 0.3 is 0 Å². The highest BCUT2D eigenvalue weighted by molar-refractivity contribution is 6.74. The van der Waals surface area contributed by atoms with E-state index >= 15 is 0 Å². The Hall–Kier alpha value is -1.23. The fourth-order valence-corrected chi connectivity index (χ4v) is 4.42. The molecule has 3 nitrogen and oxygen atoms in total. The topological polar surface area (TPSA) is 35.5 Å². The molecule has 0 bridgehead atoms. The zero-order valence-electron chi connectivity index (χ0n) is 19.7. The van der Waals surface area contributed by atoms with E-state index in [1.807, 2.05) is 24.3 Å². The lowest BCUT2D eigenvalue weighted by Crippen LogP contribution is -2.45. The van der Waals surface area contributed by atoms with Crippen LogP contribution in [0.15, 0.2) is 42.5 Å². The average molecular weight is 419 g/mol. The van der Waals surface area contributed by atoms with Crippen LogP contribution in [0, 0.1) is 5.92 Å². The quantitative estimate of drug-likeness (QED) is 0.198. The van der Waals surface area contributed by atoms with Crippen LogP contribution in [0.25, 0.3) is 0 Å². The van der Waals surface area contributed by atoms with E-state index in [0.717, 1.165) is 32.3 Å². The molecular weight excluding hydrogens is 376 g/mol. The molecule has 1 aromatic carbocycles. The van der Waals surface area contributed by atoms with Crippen LogP contribution >= 0.6 is 0 Å². The number of hydrogen-bond donors (Lipinski definition) is 0. The minimum Gasteiger partial charge on any atom is -0.414 e. The maximum absolute atomic E-state index is 11.1. The largest absolute Gasteiger partial charge is 0.414 e. The Morgan fingerprint density at radius 1 is 1.14 bits per heavy atom. The first-order chi connectivity index (χ1) is 13.5. The second kappa shape index (κ2) is 12.5. The first kappa shape index (κ1) is 25.8. The van der Waals surface area contributed by atoms with Crippen molar-refractivity contribution in [1.82, 2.24) is 0 Å². The van der Waals surface area contributed by atoms with Gasteiger partial charge in [-0.05, 0) is 68.3 Å². The summed E-state index contributed by atoms with van der Waals surface area (Å²) < 4.78 is 12.7. The third kappa shape index (κ3) is 10.4. The van der Waals surface area contributed by atoms with Crippen molar-refractivity contribution in [3.05, 3.63) is 48.0 Å². The molecule has 0 N–H and O–H groups in total. The van der Waals surface area contributed by atoms with Crippen molar-refractivity contribution in [2.24, 2.45) is 5.92 Å². The molecule has 1 aromatic rings. The molecule has 0 amide bonds. The van der Waals surface area contributed by atoms with Gasteiger partial charge in [0.05, 0.1) is 6.61 Å². The van der Waals surface area contributed by atoms with Gasteiger partial charge in [0.15, 0.2) is 14.1 Å². The fraction of sp³-hybridized carbons (Fsp3) is 0.640. The van der Waals surface area contributed by atoms with Gasteiger partial charge in [0.1, 0.15) is 0 Å². The van der Waals surface area contributed by atoms with Gasteiger partial charge < -0.3 is 9.16 Å². The second-order valence-electron chi connectivity index (χ2n) is 9.66. The van der Waals surface area contributed by atoms with E-state index in [0.29, 0.717) is 12.5 Å². The van der Waals surface area contributed by atoms with E-state index in [2.05, 4.69) is 52.9 Å². The smallest absolute Gasteiger partial charge is 0.192 e. The number of ether oxygens (including phenoxy) is 1. The summed E-state index contributed by atoms with van der Waals surface area (Å²) in [5.74, 6) is 0.567. The van der Waals surface area contributed by atoms with Gasteiger partial charge in [0.25, 0.3) is 0 Å². The number of ketones is 1. The summed E-state index contributed by atoms with van der Waals surface area (Å²) in [5.41, 5.74) is 1.21. The number of rotatable bonds is 13. The van der Waals surface area contributed by atoms with Gasteiger partial charge in [-0.1, -0.05) is 64.1 Å². The number of carbonyl (C=O) groups excluding carboxylic acids is 1. The molecule has 29 heavy (non-hydrogen) atoms. The SMILES string of the molecule is CC(=O)/C=C/CC[C@H](C)[C@H](CCCOCc1ccccc1)O[Si](C)(C)C(C)(C)C. The maximum Gasteiger partial charge on any atom is 0.192 e. The molecule has 0 aliphatic rings. The van der Waals surface area contributed by atoms with Crippen LogP contribution in [0.2, 0.25) is 18.1 Å². The molecule has 0 aliphatic carbocycles. The standard InChI is InChI=1S/C25H42O3Si/c1-21(14-11-12-15-22(2)26)24(28-29(6,7)25(3,4)5)18-13-19-27-20-23-16-9-8-10-17-23/h8-10,12,15-17,21,24H,11,13-14,18-20H2,1-7H3/b15-12+/t21-,24-/m0/s1. The molecule has 0 heterocycles. The lowest BCUT2D eigenvalue weighted by Gasteiger charge is -2.41. The van der Waals surface area contributed by atoms with Crippen molar-refractivity contribution in [2.75, 3.05) is 6.61 Å². The summed E-state index contributed by atoms with van der Waals surface area (Å²) in [6.45, 7) is 16.8. The van der Waals surface area contributed by atoms with Gasteiger partial charge in [0.2, 0.25) is 0 Å². The summed E-state index contributed by atoms with van der Waals surface area (Å²) in [7, 11) is -1.83. The van der Waals surface area contributed by atoms with Gasteiger partial charge in [0, 0.05) is 12.7 Å². The number of allylic oxidation sites excluding steroid dienone is 2. The van der Waals surface area contributed by atoms with Crippen LogP contribution < -0.4 is 0 Å². The van der Waals surface area contributed by atoms with Crippen molar-refractivity contribution in [3.8, 4) is 0 Å². The van der Waals surface area contributed by atoms with Gasteiger partial charge in [-0.2, -0.15) is 0 Å². The van der Waals surface area contributed by atoms with E-state index in [4.69, 9.17) is 9.16 Å². The molecule has 0 saturated heterocycles. The van der Waals surface area contributed by atoms with E-state index in [1.165, 1.54) is 5.56 Å². The third-order valence-corrected chi connectivity index (χ3v) is 10.4. The van der Waals surface area contributed by atoms with Crippen LogP contribution in [0.5, 0.6) is 0 Å². The van der Waals surface area contributed by atoms with E-state index in [1.54, 1.807) is 13.0 Å². The molecule has 0 aliphatic heterocycles. The Balaban J connectivity index is 2.57. The van der Waals surface area contributed by atoms with Crippen LogP contribution in [0.3, 0.4) is 0 Å². The van der Waals surface area contributed by atoms with Crippen LogP contribution in [-0.4, -0.2) is 26.8 Å². The van der Waals surface area contributed by atoms with Gasteiger partial charge in [-0.25, -0.2) is 0 Å². The molecule has 1 rings (SSSR count). The number of carbonyl (C=O) groups is 1. The van der Waals surface area contributed by atoms with E-state index in [-0.39, 0.29) is 16.9 Å². The zero-order chi connectivity index (χ0) is 21.9. The highest BCUT2D eigenvalue weighted by Gasteiger charge is 2.39. The Morgan fingerprint density at radius 2 is 1.79 bits per heavy atom. The highest BCUT2D eigenvalue weighted by Crippen LogP contribution is 2.39. The number of hydrogen-bond acceptors (Lipinski definition) is 3. The Labute approximate surface area is 180 Å². The van der Waals surface area contributed by atoms with E-state index < -0.39 is 8.32 Å². The van der Waals surface area contributed by atoms with Crippen LogP contribution in [0.1, 0.15) is 65.9 Å². The lowest BCUT2D eigenvalue weighted by atomic mass is 9.95. The Bertz CT molecular complexity index is 617. The third-order valence-electron chi connectivity index (χ3n) is 5.92. The predicted molar refractivity (Wildman–Crippen MR) is 126 cm³/mol. The van der Waals surface area contributed by atoms with Crippen LogP contribution in [-0.2, 0) is 20.6 Å². The van der Waals surface area contributed by atoms with Crippen molar-refractivity contribution < 1.29 is 14.0 Å². The summed E-state index contributed by atoms with van der Waals surface area (Å²) in [5, 5.41) is 0.198. The molecule has 0 aromatic heterocycles. The first-order valence-corrected chi connectivity index (χ1v) is 13.9. The van der Waals surface area contributed by atoms with Crippen LogP contribution in [0.4, 0.5) is 0 Å². The lowest BCUT2D eigenvalue weighted by molar-refractivity contribution is -0.112. The van der Waals surface area contributed by atoms with Crippen molar-refractivity contribution >= 4 is 14.1 Å². The monoisotopic (exact) mass is 418 g/mol. The molecular formula is C25H42O3Si. The molecule has 0 spiro atoms. The molecule has 0 saturated carbocycles. The van der Waals surface area contributed by atoms with Gasteiger partial charge in [-0.15, -0.1) is 0 Å². The predicted octanol–water partition coefficient (Wildman–Crippen LogP) is 6.94. The van der Waals surface area contributed by atoms with Crippen molar-refractivity contribution in [1.29, 1.82) is 0 Å². The zero-order valence-corrected chi connectivity index (χ0v) is 20.7. The highest BCUT2D eigenvalue weighted by atomic mass is 28.4. The fourth-order valence-electron chi connectivity index (χ4n) is 2.96. The normalized spacial score (nSPS) is 14.9. The number of benzene rings is 1. The average Bonchev–Trinajstić information content (AvgIpc) is 2.63. The molecule has 2 atom stereocenters. The second-order valence-corrected chi connectivity index (χ2v) is 14.4. The molecule has 0 unspecified atom stereocenters. The summed E-state index contributed by atoms with van der Waals surface area (Å²) in [6, 6.07) is 10.3. The van der Waals surface area contributed by atoms with E-state index in [9.17, 15) is 4.79 Å². The maximum atomic E-state index is 11.1. The summed E-state index contributed by atoms with van der Waals surface area (Å²) in [4.78, 5) is 11.1. The first-order valence-electron chi connectivity index (χ1n) is 11.0. The molecule has 0 fully saturated rings. The minimum absolute atomic E-state index is 0.113. The van der Waals surface area contributed by atoms with Crippen molar-refractivity contribution in [2.45, 2.75) is 91.1 Å². The Morgan fingerprint density at radius 3 is 2.38 bits per heavy atom. The van der Waals surface area contributed by atoms with Crippen molar-refractivity contribution in [3.63, 3.8) is 0 Å². The molecule has 164 valence electrons. The van der Waals surface area contributed by atoms with Gasteiger partial charge in [-0.3, -0.25) is 4.79 Å². The Kier molecular flexibility index (Phi) is 11.1. The minimum atomic E-state index is -1.83. The summed E-state index contributed by atoms with van der Waals surface area (Å²) >= 11 is 0. The molecule has 0 radical (unpaired) electrons. The molecule has 4 heteroatoms.